The lowest BCUT2D eigenvalue weighted by molar-refractivity contribution is 0.0365. The molecule has 0 aliphatic heterocycles. The van der Waals surface area contributed by atoms with Crippen molar-refractivity contribution in [3.63, 3.8) is 0 Å². The van der Waals surface area contributed by atoms with E-state index < -0.39 is 21.9 Å². The van der Waals surface area contributed by atoms with E-state index in [1.807, 2.05) is 6.07 Å². The number of carbonyl (C=O) groups excluding carboxylic acids is 1. The number of benzene rings is 1. The lowest BCUT2D eigenvalue weighted by Gasteiger charge is -2.17. The normalized spacial score (nSPS) is 13.2. The monoisotopic (exact) mass is 500 g/mol. The largest absolute Gasteiger partial charge is 0.353 e. The number of pyridine rings is 2. The minimum absolute atomic E-state index is 0.146. The number of sulfonamides is 1. The fourth-order valence-corrected chi connectivity index (χ4v) is 3.95. The van der Waals surface area contributed by atoms with Gasteiger partial charge in [-0.05, 0) is 55.5 Å². The molecule has 1 aliphatic rings. The second-order valence-corrected chi connectivity index (χ2v) is 9.78. The molecule has 2 heterocycles. The topological polar surface area (TPSA) is 134 Å². The van der Waals surface area contributed by atoms with Gasteiger partial charge in [0.1, 0.15) is 11.6 Å². The number of aromatic nitrogens is 2. The van der Waals surface area contributed by atoms with Crippen LogP contribution in [0.4, 0.5) is 33.1 Å². The molecule has 1 amide bonds. The Kier molecular flexibility index (Phi) is 7.12. The van der Waals surface area contributed by atoms with E-state index in [4.69, 9.17) is 4.84 Å². The first-order valence-corrected chi connectivity index (χ1v) is 12.8. The molecule has 0 unspecified atom stereocenters. The maximum absolute atomic E-state index is 13.5. The van der Waals surface area contributed by atoms with Gasteiger partial charge in [-0.2, -0.15) is 4.39 Å². The van der Waals surface area contributed by atoms with Crippen molar-refractivity contribution in [2.45, 2.75) is 25.7 Å². The Bertz CT molecular complexity index is 1350. The summed E-state index contributed by atoms with van der Waals surface area (Å²) >= 11 is 0. The summed E-state index contributed by atoms with van der Waals surface area (Å²) < 4.78 is 40.0. The molecule has 184 valence electrons. The summed E-state index contributed by atoms with van der Waals surface area (Å²) in [6.07, 6.45) is 4.50. The molecule has 1 saturated carbocycles. The predicted octanol–water partition coefficient (Wildman–Crippen LogP) is 4.03. The van der Waals surface area contributed by atoms with Crippen molar-refractivity contribution in [1.82, 2.24) is 15.4 Å². The standard InChI is InChI=1S/C23H25FN6O4S/c1-3-34-29-23(31)16-13-25-22(28-21-6-4-5-20(24)27-21)12-18(16)26-17-10-9-15(14-7-8-14)11-19(17)30-35(2,32)33/h4-6,9-14,30H,3,7-8H2,1-2H3,(H,29,31)(H2,25,26,27,28). The van der Waals surface area contributed by atoms with Crippen molar-refractivity contribution in [3.8, 4) is 0 Å². The highest BCUT2D eigenvalue weighted by Crippen LogP contribution is 2.42. The van der Waals surface area contributed by atoms with Crippen LogP contribution in [0.15, 0.2) is 48.7 Å². The van der Waals surface area contributed by atoms with Gasteiger partial charge in [-0.25, -0.2) is 23.9 Å². The van der Waals surface area contributed by atoms with E-state index in [0.29, 0.717) is 23.0 Å². The van der Waals surface area contributed by atoms with Gasteiger partial charge in [-0.3, -0.25) is 14.4 Å². The fourth-order valence-electron chi connectivity index (χ4n) is 3.38. The highest BCUT2D eigenvalue weighted by atomic mass is 32.2. The van der Waals surface area contributed by atoms with Crippen LogP contribution in [0.25, 0.3) is 0 Å². The third-order valence-electron chi connectivity index (χ3n) is 5.09. The van der Waals surface area contributed by atoms with Crippen molar-refractivity contribution < 1.29 is 22.4 Å². The Hall–Kier alpha value is -3.77. The first-order chi connectivity index (χ1) is 16.7. The maximum atomic E-state index is 13.5. The van der Waals surface area contributed by atoms with Gasteiger partial charge in [0.15, 0.2) is 0 Å². The summed E-state index contributed by atoms with van der Waals surface area (Å²) in [5.41, 5.74) is 4.60. The molecule has 1 fully saturated rings. The molecule has 0 atom stereocenters. The zero-order chi connectivity index (χ0) is 25.0. The SMILES string of the molecule is CCONC(=O)c1cnc(Nc2cccc(F)n2)cc1Nc1ccc(C2CC2)cc1NS(C)(=O)=O. The molecule has 4 rings (SSSR count). The van der Waals surface area contributed by atoms with Crippen molar-refractivity contribution in [2.24, 2.45) is 0 Å². The van der Waals surface area contributed by atoms with Crippen molar-refractivity contribution in [2.75, 3.05) is 28.2 Å². The number of rotatable bonds is 10. The Morgan fingerprint density at radius 3 is 2.57 bits per heavy atom. The van der Waals surface area contributed by atoms with E-state index in [1.54, 1.807) is 25.1 Å². The molecule has 12 heteroatoms. The Morgan fingerprint density at radius 2 is 1.89 bits per heavy atom. The van der Waals surface area contributed by atoms with Crippen molar-refractivity contribution >= 4 is 44.6 Å². The molecule has 0 radical (unpaired) electrons. The third kappa shape index (κ3) is 6.64. The average molecular weight is 501 g/mol. The number of hydroxylamine groups is 1. The van der Waals surface area contributed by atoms with Gasteiger partial charge >= 0.3 is 0 Å². The Balaban J connectivity index is 1.71. The number of nitrogens with one attached hydrogen (secondary N) is 4. The number of amides is 1. The Morgan fingerprint density at radius 1 is 1.09 bits per heavy atom. The molecule has 2 aromatic heterocycles. The molecule has 1 aliphatic carbocycles. The van der Waals surface area contributed by atoms with Gasteiger partial charge in [0, 0.05) is 12.3 Å². The minimum atomic E-state index is -3.56. The van der Waals surface area contributed by atoms with Crippen LogP contribution in [-0.2, 0) is 14.9 Å². The van der Waals surface area contributed by atoms with E-state index in [1.165, 1.54) is 24.4 Å². The maximum Gasteiger partial charge on any atom is 0.278 e. The molecular weight excluding hydrogens is 475 g/mol. The van der Waals surface area contributed by atoms with Crippen molar-refractivity contribution in [3.05, 3.63) is 65.7 Å². The molecule has 0 spiro atoms. The van der Waals surface area contributed by atoms with Gasteiger partial charge < -0.3 is 10.6 Å². The fraction of sp³-hybridized carbons (Fsp3) is 0.261. The second kappa shape index (κ2) is 10.2. The lowest BCUT2D eigenvalue weighted by Crippen LogP contribution is -2.24. The van der Waals surface area contributed by atoms with Gasteiger partial charge in [-0.1, -0.05) is 12.1 Å². The number of hydrogen-bond donors (Lipinski definition) is 4. The van der Waals surface area contributed by atoms with Crippen LogP contribution < -0.4 is 20.8 Å². The van der Waals surface area contributed by atoms with Gasteiger partial charge in [0.25, 0.3) is 5.91 Å². The van der Waals surface area contributed by atoms with E-state index in [9.17, 15) is 17.6 Å². The molecule has 35 heavy (non-hydrogen) atoms. The van der Waals surface area contributed by atoms with Crippen LogP contribution in [0.3, 0.4) is 0 Å². The highest BCUT2D eigenvalue weighted by Gasteiger charge is 2.25. The summed E-state index contributed by atoms with van der Waals surface area (Å²) in [7, 11) is -3.56. The first-order valence-electron chi connectivity index (χ1n) is 10.9. The van der Waals surface area contributed by atoms with E-state index in [2.05, 4.69) is 30.8 Å². The van der Waals surface area contributed by atoms with Crippen LogP contribution >= 0.6 is 0 Å². The third-order valence-corrected chi connectivity index (χ3v) is 5.68. The zero-order valence-corrected chi connectivity index (χ0v) is 19.9. The van der Waals surface area contributed by atoms with Crippen LogP contribution in [0, 0.1) is 5.95 Å². The molecule has 4 N–H and O–H groups in total. The van der Waals surface area contributed by atoms with Crippen LogP contribution in [-0.4, -0.2) is 37.2 Å². The van der Waals surface area contributed by atoms with Gasteiger partial charge in [0.2, 0.25) is 16.0 Å². The number of nitrogens with zero attached hydrogens (tertiary/aromatic N) is 2. The molecule has 0 bridgehead atoms. The van der Waals surface area contributed by atoms with Crippen LogP contribution in [0.2, 0.25) is 0 Å². The molecular formula is C23H25FN6O4S. The first kappa shape index (κ1) is 24.4. The van der Waals surface area contributed by atoms with E-state index in [0.717, 1.165) is 24.7 Å². The Labute approximate surface area is 202 Å². The molecule has 3 aromatic rings. The van der Waals surface area contributed by atoms with Gasteiger partial charge in [0.05, 0.1) is 35.5 Å². The summed E-state index contributed by atoms with van der Waals surface area (Å²) in [6.45, 7) is 1.99. The molecule has 10 nitrogen and oxygen atoms in total. The zero-order valence-electron chi connectivity index (χ0n) is 19.1. The summed E-state index contributed by atoms with van der Waals surface area (Å²) in [5, 5.41) is 6.02. The van der Waals surface area contributed by atoms with E-state index in [-0.39, 0.29) is 23.8 Å². The summed E-state index contributed by atoms with van der Waals surface area (Å²) in [4.78, 5) is 25.7. The smallest absolute Gasteiger partial charge is 0.278 e. The number of hydrogen-bond acceptors (Lipinski definition) is 8. The van der Waals surface area contributed by atoms with Crippen LogP contribution in [0.5, 0.6) is 0 Å². The quantitative estimate of drug-likeness (QED) is 0.242. The average Bonchev–Trinajstić information content (AvgIpc) is 3.63. The highest BCUT2D eigenvalue weighted by molar-refractivity contribution is 7.92. The van der Waals surface area contributed by atoms with Crippen molar-refractivity contribution in [1.29, 1.82) is 0 Å². The number of halogens is 1. The molecule has 0 saturated heterocycles. The van der Waals surface area contributed by atoms with Gasteiger partial charge in [-0.15, -0.1) is 0 Å². The molecule has 1 aromatic carbocycles. The summed E-state index contributed by atoms with van der Waals surface area (Å²) in [6, 6.07) is 11.3. The number of carbonyl (C=O) groups is 1. The van der Waals surface area contributed by atoms with E-state index >= 15 is 0 Å². The van der Waals surface area contributed by atoms with Crippen LogP contribution in [0.1, 0.15) is 41.6 Å². The minimum Gasteiger partial charge on any atom is -0.353 e. The second-order valence-electron chi connectivity index (χ2n) is 8.03. The predicted molar refractivity (Wildman–Crippen MR) is 131 cm³/mol. The summed E-state index contributed by atoms with van der Waals surface area (Å²) in [5.74, 6) is -0.293. The lowest BCUT2D eigenvalue weighted by atomic mass is 10.1. The number of anilines is 5.